The molecule has 67 heavy (non-hydrogen) atoms. The number of aliphatic hydroxyl groups is 1. The van der Waals surface area contributed by atoms with E-state index in [1.54, 1.807) is 31.4 Å². The fourth-order valence-corrected chi connectivity index (χ4v) is 6.30. The quantitative estimate of drug-likeness (QED) is 0.0438. The molecular weight excluding hydrogens is 849 g/mol. The molecule has 2 heterocycles. The van der Waals surface area contributed by atoms with E-state index in [1.807, 2.05) is 66.7 Å². The second-order valence-corrected chi connectivity index (χ2v) is 17.2. The zero-order chi connectivity index (χ0) is 48.8. The molecule has 2 N–H and O–H groups in total. The van der Waals surface area contributed by atoms with Gasteiger partial charge in [-0.3, -0.25) is 0 Å². The molecule has 0 aromatic heterocycles. The Labute approximate surface area is 407 Å². The van der Waals surface area contributed by atoms with Crippen LogP contribution in [0.25, 0.3) is 0 Å². The molecule has 0 bridgehead atoms. The van der Waals surface area contributed by atoms with E-state index in [0.717, 1.165) is 76.5 Å². The van der Waals surface area contributed by atoms with Crippen LogP contribution in [0.5, 0.6) is 17.2 Å². The smallest absolute Gasteiger partial charge is 0.119 e. The van der Waals surface area contributed by atoms with Gasteiger partial charge in [-0.2, -0.15) is 0 Å². The van der Waals surface area contributed by atoms with Gasteiger partial charge in [-0.05, 0) is 73.4 Å². The summed E-state index contributed by atoms with van der Waals surface area (Å²) >= 11 is 0. The average Bonchev–Trinajstić information content (AvgIpc) is 4.31. The Morgan fingerprint density at radius 1 is 0.552 bits per heavy atom. The number of hydrogen-bond acceptors (Lipinski definition) is 11. The van der Waals surface area contributed by atoms with Crippen LogP contribution in [0.15, 0.2) is 91.0 Å². The van der Waals surface area contributed by atoms with E-state index in [2.05, 4.69) is 46.3 Å². The van der Waals surface area contributed by atoms with E-state index in [9.17, 15) is 5.11 Å². The van der Waals surface area contributed by atoms with Crippen molar-refractivity contribution in [3.05, 3.63) is 91.0 Å². The number of para-hydroxylation sites is 3. The van der Waals surface area contributed by atoms with Crippen molar-refractivity contribution in [3.8, 4) is 17.2 Å². The number of benzene rings is 3. The fraction of sp³-hybridized carbons (Fsp3) is 0.679. The molecule has 384 valence electrons. The van der Waals surface area contributed by atoms with Gasteiger partial charge in [-0.15, -0.1) is 0 Å². The number of aliphatic hydroxyl groups excluding tert-OH is 1. The number of ether oxygens (including phenoxy) is 9. The number of aromatic hydroxyl groups is 1. The summed E-state index contributed by atoms with van der Waals surface area (Å²) in [6.07, 6.45) is 14.7. The number of unbranched alkanes of at least 4 members (excludes halogenated alkanes) is 3. The van der Waals surface area contributed by atoms with Crippen molar-refractivity contribution in [2.24, 2.45) is 17.8 Å². The zero-order valence-corrected chi connectivity index (χ0v) is 42.9. The summed E-state index contributed by atoms with van der Waals surface area (Å²) in [4.78, 5) is 0. The third kappa shape index (κ3) is 40.3. The van der Waals surface area contributed by atoms with Gasteiger partial charge in [-0.1, -0.05) is 154 Å². The van der Waals surface area contributed by atoms with Crippen molar-refractivity contribution in [2.45, 2.75) is 137 Å². The number of epoxide rings is 2. The SMILES string of the molecule is C1CO1.CCCCC(CC)COCC(COc1ccccc1)OCCOC.CCCCC(CC)COCC(O)COc1ccccc1.CCCCC(CC)COCC1CO1.Oc1ccccc1. The van der Waals surface area contributed by atoms with Crippen molar-refractivity contribution in [1.82, 2.24) is 0 Å². The highest BCUT2D eigenvalue weighted by Gasteiger charge is 2.22. The lowest BCUT2D eigenvalue weighted by Crippen LogP contribution is -2.29. The Hall–Kier alpha value is -3.26. The van der Waals surface area contributed by atoms with Crippen LogP contribution in [0.2, 0.25) is 0 Å². The van der Waals surface area contributed by atoms with Crippen molar-refractivity contribution < 1.29 is 52.8 Å². The third-order valence-corrected chi connectivity index (χ3v) is 11.0. The first-order valence-corrected chi connectivity index (χ1v) is 25.6. The summed E-state index contributed by atoms with van der Waals surface area (Å²) in [5.74, 6) is 3.96. The molecule has 3 aromatic carbocycles. The summed E-state index contributed by atoms with van der Waals surface area (Å²) < 4.78 is 48.9. The monoisotopic (exact) mass is 943 g/mol. The van der Waals surface area contributed by atoms with Gasteiger partial charge in [0, 0.05) is 26.9 Å². The average molecular weight is 943 g/mol. The largest absolute Gasteiger partial charge is 0.508 e. The summed E-state index contributed by atoms with van der Waals surface area (Å²) in [7, 11) is 1.68. The minimum absolute atomic E-state index is 0.0796. The van der Waals surface area contributed by atoms with E-state index < -0.39 is 6.10 Å². The zero-order valence-electron chi connectivity index (χ0n) is 42.9. The second-order valence-electron chi connectivity index (χ2n) is 17.2. The Kier molecular flexibility index (Phi) is 41.7. The molecule has 2 aliphatic rings. The van der Waals surface area contributed by atoms with Gasteiger partial charge in [0.25, 0.3) is 0 Å². The maximum Gasteiger partial charge on any atom is 0.119 e. The van der Waals surface area contributed by atoms with E-state index in [-0.39, 0.29) is 12.7 Å². The summed E-state index contributed by atoms with van der Waals surface area (Å²) in [6, 6.07) is 28.0. The van der Waals surface area contributed by atoms with Crippen LogP contribution >= 0.6 is 0 Å². The first kappa shape index (κ1) is 61.8. The van der Waals surface area contributed by atoms with Gasteiger partial charge >= 0.3 is 0 Å². The maximum absolute atomic E-state index is 9.82. The minimum atomic E-state index is -0.570. The van der Waals surface area contributed by atoms with E-state index >= 15 is 0 Å². The molecule has 3 aromatic rings. The van der Waals surface area contributed by atoms with Crippen LogP contribution < -0.4 is 9.47 Å². The van der Waals surface area contributed by atoms with Crippen LogP contribution in [0.4, 0.5) is 0 Å². The van der Waals surface area contributed by atoms with E-state index in [0.29, 0.717) is 56.7 Å². The number of phenols is 1. The number of rotatable bonds is 34. The van der Waals surface area contributed by atoms with Gasteiger partial charge in [0.2, 0.25) is 0 Å². The van der Waals surface area contributed by atoms with Crippen LogP contribution in [-0.4, -0.2) is 122 Å². The van der Waals surface area contributed by atoms with Crippen LogP contribution in [0.1, 0.15) is 119 Å². The lowest BCUT2D eigenvalue weighted by molar-refractivity contribution is -0.0561. The standard InChI is InChI=1S/C20H34O4.C17H28O3.C11H22O2.C6H6O.C2H4O/c1-4-6-10-18(5-2)15-22-16-20(23-14-13-21-3)17-24-19-11-8-7-9-12-19;1-3-5-9-15(4-2)12-19-13-16(18)14-20-17-10-7-6-8-11-17;1-3-5-6-10(4-2)7-12-8-11-9-13-11;7-6-4-2-1-3-5-6;1-2-3-1/h7-9,11-12,18,20H,4-6,10,13-17H2,1-3H3;6-8,10-11,15-16,18H,3-5,9,12-14H2,1-2H3;10-11H,3-9H2,1-2H3;1-5,7H;1-2H2. The van der Waals surface area contributed by atoms with Crippen molar-refractivity contribution in [2.75, 3.05) is 93.0 Å². The number of phenolic OH excluding ortho intramolecular Hbond substituents is 1. The molecule has 2 aliphatic heterocycles. The Bertz CT molecular complexity index is 1410. The molecule has 11 heteroatoms. The van der Waals surface area contributed by atoms with Gasteiger partial charge in [0.1, 0.15) is 48.8 Å². The predicted octanol–water partition coefficient (Wildman–Crippen LogP) is 12.0. The Balaban J connectivity index is 0.000000465. The molecular formula is C56H94O11. The summed E-state index contributed by atoms with van der Waals surface area (Å²) in [6.45, 7) is 22.3. The van der Waals surface area contributed by atoms with E-state index in [4.69, 9.17) is 43.0 Å². The fourth-order valence-electron chi connectivity index (χ4n) is 6.30. The Morgan fingerprint density at radius 2 is 0.985 bits per heavy atom. The molecule has 6 atom stereocenters. The molecule has 0 aliphatic carbocycles. The van der Waals surface area contributed by atoms with Gasteiger partial charge in [0.05, 0.1) is 52.9 Å². The summed E-state index contributed by atoms with van der Waals surface area (Å²) in [5.41, 5.74) is 0. The molecule has 0 spiro atoms. The highest BCUT2D eigenvalue weighted by atomic mass is 16.6. The van der Waals surface area contributed by atoms with Crippen molar-refractivity contribution in [3.63, 3.8) is 0 Å². The van der Waals surface area contributed by atoms with Gasteiger partial charge in [-0.25, -0.2) is 0 Å². The molecule has 0 saturated carbocycles. The maximum atomic E-state index is 9.82. The van der Waals surface area contributed by atoms with Crippen LogP contribution in [0, 0.1) is 17.8 Å². The first-order chi connectivity index (χ1) is 32.8. The molecule has 5 rings (SSSR count). The third-order valence-electron chi connectivity index (χ3n) is 11.0. The lowest BCUT2D eigenvalue weighted by atomic mass is 10.0. The number of methoxy groups -OCH3 is 1. The molecule has 2 saturated heterocycles. The highest BCUT2D eigenvalue weighted by Crippen LogP contribution is 2.17. The Morgan fingerprint density at radius 3 is 1.37 bits per heavy atom. The van der Waals surface area contributed by atoms with Crippen molar-refractivity contribution in [1.29, 1.82) is 0 Å². The van der Waals surface area contributed by atoms with Crippen LogP contribution in [0.3, 0.4) is 0 Å². The predicted molar refractivity (Wildman–Crippen MR) is 273 cm³/mol. The van der Waals surface area contributed by atoms with Crippen molar-refractivity contribution >= 4 is 0 Å². The molecule has 2 fully saturated rings. The van der Waals surface area contributed by atoms with Crippen LogP contribution in [-0.2, 0) is 33.2 Å². The normalized spacial score (nSPS) is 15.5. The molecule has 0 amide bonds. The summed E-state index contributed by atoms with van der Waals surface area (Å²) in [5, 5.41) is 18.5. The number of hydrogen-bond donors (Lipinski definition) is 2. The van der Waals surface area contributed by atoms with Gasteiger partial charge in [0.15, 0.2) is 0 Å². The van der Waals surface area contributed by atoms with E-state index in [1.165, 1.54) is 64.2 Å². The van der Waals surface area contributed by atoms with Gasteiger partial charge < -0.3 is 52.8 Å². The lowest BCUT2D eigenvalue weighted by Gasteiger charge is -2.21. The topological polar surface area (TPSA) is 130 Å². The molecule has 11 nitrogen and oxygen atoms in total. The first-order valence-electron chi connectivity index (χ1n) is 25.6. The minimum Gasteiger partial charge on any atom is -0.508 e. The molecule has 6 unspecified atom stereocenters. The highest BCUT2D eigenvalue weighted by molar-refractivity contribution is 5.21. The second kappa shape index (κ2) is 45.2. The molecule has 0 radical (unpaired) electrons.